The van der Waals surface area contributed by atoms with E-state index < -0.39 is 0 Å². The minimum Gasteiger partial charge on any atom is -0.311 e. The molecule has 0 radical (unpaired) electrons. The zero-order chi connectivity index (χ0) is 15.0. The van der Waals surface area contributed by atoms with Gasteiger partial charge in [-0.15, -0.1) is 0 Å². The molecule has 1 heterocycles. The van der Waals surface area contributed by atoms with Crippen molar-refractivity contribution in [1.82, 2.24) is 10.2 Å². The highest BCUT2D eigenvalue weighted by Crippen LogP contribution is 2.37. The maximum Gasteiger partial charge on any atom is 0.0465 e. The Balaban J connectivity index is 1.82. The molecule has 0 bridgehead atoms. The predicted octanol–water partition coefficient (Wildman–Crippen LogP) is 4.35. The smallest absolute Gasteiger partial charge is 0.0465 e. The Bertz CT molecular complexity index is 495. The number of nitrogens with one attached hydrogen (secondary N) is 1. The zero-order valence-corrected chi connectivity index (χ0v) is 14.3. The molecular formula is C17H24Cl2N2. The van der Waals surface area contributed by atoms with Crippen LogP contribution in [0.1, 0.15) is 38.7 Å². The van der Waals surface area contributed by atoms with Crippen molar-refractivity contribution in [2.45, 2.75) is 51.2 Å². The van der Waals surface area contributed by atoms with Crippen molar-refractivity contribution in [3.05, 3.63) is 33.8 Å². The van der Waals surface area contributed by atoms with Crippen molar-refractivity contribution >= 4 is 23.2 Å². The van der Waals surface area contributed by atoms with E-state index in [0.29, 0.717) is 6.04 Å². The molecule has 1 saturated carbocycles. The minimum atomic E-state index is 0.174. The van der Waals surface area contributed by atoms with Gasteiger partial charge in [-0.25, -0.2) is 0 Å². The van der Waals surface area contributed by atoms with E-state index in [0.717, 1.165) is 47.6 Å². The highest BCUT2D eigenvalue weighted by Gasteiger charge is 2.41. The molecule has 21 heavy (non-hydrogen) atoms. The first-order valence-electron chi connectivity index (χ1n) is 7.95. The number of piperazine rings is 1. The molecule has 0 spiro atoms. The summed E-state index contributed by atoms with van der Waals surface area (Å²) in [5.74, 6) is 0.871. The Labute approximate surface area is 137 Å². The summed E-state index contributed by atoms with van der Waals surface area (Å²) in [5, 5.41) is 5.32. The van der Waals surface area contributed by atoms with Crippen LogP contribution in [0.5, 0.6) is 0 Å². The molecule has 1 aromatic carbocycles. The number of hydrogen-bond donors (Lipinski definition) is 1. The Kier molecular flexibility index (Phi) is 4.52. The average molecular weight is 327 g/mol. The van der Waals surface area contributed by atoms with Crippen LogP contribution in [0.15, 0.2) is 18.2 Å². The fraction of sp³-hybridized carbons (Fsp3) is 0.647. The Hall–Kier alpha value is -0.280. The fourth-order valence-electron chi connectivity index (χ4n) is 3.28. The lowest BCUT2D eigenvalue weighted by atomic mass is 9.90. The number of hydrogen-bond acceptors (Lipinski definition) is 2. The van der Waals surface area contributed by atoms with E-state index in [1.165, 1.54) is 12.8 Å². The van der Waals surface area contributed by atoms with Gasteiger partial charge in [0.05, 0.1) is 0 Å². The van der Waals surface area contributed by atoms with Crippen LogP contribution < -0.4 is 5.32 Å². The highest BCUT2D eigenvalue weighted by atomic mass is 35.5. The van der Waals surface area contributed by atoms with E-state index in [4.69, 9.17) is 23.2 Å². The van der Waals surface area contributed by atoms with Gasteiger partial charge < -0.3 is 5.32 Å². The van der Waals surface area contributed by atoms with Gasteiger partial charge in [0.15, 0.2) is 0 Å². The molecule has 1 saturated heterocycles. The van der Waals surface area contributed by atoms with Gasteiger partial charge in [-0.2, -0.15) is 0 Å². The number of benzene rings is 1. The van der Waals surface area contributed by atoms with Gasteiger partial charge in [-0.05, 0) is 44.2 Å². The van der Waals surface area contributed by atoms with Crippen LogP contribution in [0.4, 0.5) is 0 Å². The summed E-state index contributed by atoms with van der Waals surface area (Å²) in [4.78, 5) is 2.58. The van der Waals surface area contributed by atoms with Gasteiger partial charge in [-0.1, -0.05) is 36.2 Å². The zero-order valence-electron chi connectivity index (χ0n) is 12.8. The second-order valence-electron chi connectivity index (χ2n) is 6.76. The minimum absolute atomic E-state index is 0.174. The lowest BCUT2D eigenvalue weighted by Crippen LogP contribution is -2.63. The van der Waals surface area contributed by atoms with Crippen molar-refractivity contribution in [2.24, 2.45) is 5.92 Å². The van der Waals surface area contributed by atoms with Crippen LogP contribution in [-0.4, -0.2) is 29.6 Å². The third kappa shape index (κ3) is 3.24. The second-order valence-corrected chi connectivity index (χ2v) is 7.57. The Morgan fingerprint density at radius 3 is 2.52 bits per heavy atom. The van der Waals surface area contributed by atoms with Gasteiger partial charge >= 0.3 is 0 Å². The maximum atomic E-state index is 6.37. The summed E-state index contributed by atoms with van der Waals surface area (Å²) in [6, 6.07) is 6.42. The third-order valence-corrected chi connectivity index (χ3v) is 6.00. The molecular weight excluding hydrogens is 303 g/mol. The summed E-state index contributed by atoms with van der Waals surface area (Å²) in [7, 11) is 0. The van der Waals surface area contributed by atoms with Crippen LogP contribution in [0, 0.1) is 5.92 Å². The van der Waals surface area contributed by atoms with Crippen LogP contribution in [0.2, 0.25) is 10.0 Å². The average Bonchev–Trinajstić information content (AvgIpc) is 3.29. The largest absolute Gasteiger partial charge is 0.311 e. The van der Waals surface area contributed by atoms with E-state index in [-0.39, 0.29) is 5.54 Å². The number of nitrogens with zero attached hydrogens (tertiary/aromatic N) is 1. The SMILES string of the molecule is CCC1(C)CNC(C2CC2)CN1Cc1c(Cl)cccc1Cl. The molecule has 1 aromatic rings. The van der Waals surface area contributed by atoms with Crippen molar-refractivity contribution in [2.75, 3.05) is 13.1 Å². The van der Waals surface area contributed by atoms with Crippen LogP contribution >= 0.6 is 23.2 Å². The first kappa shape index (κ1) is 15.6. The number of halogens is 2. The normalized spacial score (nSPS) is 30.6. The summed E-state index contributed by atoms with van der Waals surface area (Å²) in [5.41, 5.74) is 1.24. The first-order chi connectivity index (χ1) is 10.0. The van der Waals surface area contributed by atoms with E-state index in [2.05, 4.69) is 24.1 Å². The molecule has 1 aliphatic carbocycles. The highest BCUT2D eigenvalue weighted by molar-refractivity contribution is 6.35. The predicted molar refractivity (Wildman–Crippen MR) is 90.1 cm³/mol. The van der Waals surface area contributed by atoms with Gasteiger partial charge in [0.25, 0.3) is 0 Å². The molecule has 1 aliphatic heterocycles. The Morgan fingerprint density at radius 2 is 1.95 bits per heavy atom. The Morgan fingerprint density at radius 1 is 1.29 bits per heavy atom. The van der Waals surface area contributed by atoms with Gasteiger partial charge in [0, 0.05) is 46.8 Å². The summed E-state index contributed by atoms with van der Waals surface area (Å²) >= 11 is 12.7. The molecule has 2 nitrogen and oxygen atoms in total. The van der Waals surface area contributed by atoms with Crippen molar-refractivity contribution in [1.29, 1.82) is 0 Å². The quantitative estimate of drug-likeness (QED) is 0.885. The second kappa shape index (κ2) is 6.08. The lowest BCUT2D eigenvalue weighted by Gasteiger charge is -2.48. The molecule has 4 heteroatoms. The van der Waals surface area contributed by atoms with E-state index in [9.17, 15) is 0 Å². The standard InChI is InChI=1S/C17H24Cl2N2/c1-3-17(2)11-20-16(12-7-8-12)10-21(17)9-13-14(18)5-4-6-15(13)19/h4-6,12,16,20H,3,7-11H2,1-2H3. The molecule has 2 aliphatic rings. The molecule has 1 N–H and O–H groups in total. The molecule has 3 rings (SSSR count). The first-order valence-corrected chi connectivity index (χ1v) is 8.70. The van der Waals surface area contributed by atoms with Crippen molar-refractivity contribution < 1.29 is 0 Å². The van der Waals surface area contributed by atoms with Crippen molar-refractivity contribution in [3.8, 4) is 0 Å². The summed E-state index contributed by atoms with van der Waals surface area (Å²) in [6.45, 7) is 7.59. The van der Waals surface area contributed by atoms with E-state index in [1.54, 1.807) is 0 Å². The van der Waals surface area contributed by atoms with Crippen LogP contribution in [0.3, 0.4) is 0 Å². The topological polar surface area (TPSA) is 15.3 Å². The fourth-order valence-corrected chi connectivity index (χ4v) is 3.79. The van der Waals surface area contributed by atoms with Gasteiger partial charge in [-0.3, -0.25) is 4.90 Å². The molecule has 2 fully saturated rings. The van der Waals surface area contributed by atoms with Crippen LogP contribution in [-0.2, 0) is 6.54 Å². The van der Waals surface area contributed by atoms with Crippen LogP contribution in [0.25, 0.3) is 0 Å². The maximum absolute atomic E-state index is 6.37. The molecule has 0 amide bonds. The summed E-state index contributed by atoms with van der Waals surface area (Å²) < 4.78 is 0. The molecule has 2 unspecified atom stereocenters. The van der Waals surface area contributed by atoms with Gasteiger partial charge in [0.1, 0.15) is 0 Å². The van der Waals surface area contributed by atoms with Crippen molar-refractivity contribution in [3.63, 3.8) is 0 Å². The molecule has 0 aromatic heterocycles. The monoisotopic (exact) mass is 326 g/mol. The summed E-state index contributed by atoms with van der Waals surface area (Å²) in [6.07, 6.45) is 3.88. The third-order valence-electron chi connectivity index (χ3n) is 5.29. The molecule has 116 valence electrons. The van der Waals surface area contributed by atoms with E-state index in [1.807, 2.05) is 18.2 Å². The van der Waals surface area contributed by atoms with Gasteiger partial charge in [0.2, 0.25) is 0 Å². The molecule has 2 atom stereocenters. The number of rotatable bonds is 4. The lowest BCUT2D eigenvalue weighted by molar-refractivity contribution is 0.0370. The van der Waals surface area contributed by atoms with E-state index >= 15 is 0 Å².